The highest BCUT2D eigenvalue weighted by atomic mass is 32.2. The molecule has 184 valence electrons. The zero-order chi connectivity index (χ0) is 25.5. The summed E-state index contributed by atoms with van der Waals surface area (Å²) < 4.78 is 25.3. The molecule has 1 fully saturated rings. The number of rotatable bonds is 9. The van der Waals surface area contributed by atoms with Crippen molar-refractivity contribution in [2.45, 2.75) is 26.9 Å². The Morgan fingerprint density at radius 2 is 1.83 bits per heavy atom. The topological polar surface area (TPSA) is 59.9 Å². The summed E-state index contributed by atoms with van der Waals surface area (Å²) in [6.07, 6.45) is 4.15. The normalized spacial score (nSPS) is 15.2. The van der Waals surface area contributed by atoms with Crippen LogP contribution < -0.4 is 14.8 Å². The Bertz CT molecular complexity index is 1320. The van der Waals surface area contributed by atoms with E-state index in [0.717, 1.165) is 27.9 Å². The summed E-state index contributed by atoms with van der Waals surface area (Å²) in [7, 11) is 0. The highest BCUT2D eigenvalue weighted by Crippen LogP contribution is 2.37. The lowest BCUT2D eigenvalue weighted by molar-refractivity contribution is -0.115. The Morgan fingerprint density at radius 1 is 1.08 bits per heavy atom. The number of carbonyl (C=O) groups is 1. The van der Waals surface area contributed by atoms with Crippen molar-refractivity contribution in [1.82, 2.24) is 5.32 Å². The summed E-state index contributed by atoms with van der Waals surface area (Å²) in [5, 5.41) is 3.36. The molecule has 0 bridgehead atoms. The minimum atomic E-state index is -0.292. The number of nitrogens with one attached hydrogen (secondary N) is 1. The number of carbonyl (C=O) groups excluding carboxylic acids is 1. The molecule has 1 saturated heterocycles. The maximum atomic E-state index is 13.3. The van der Waals surface area contributed by atoms with Gasteiger partial charge in [0.05, 0.1) is 17.2 Å². The fourth-order valence-corrected chi connectivity index (χ4v) is 4.45. The largest absolute Gasteiger partial charge is 0.490 e. The molecule has 1 aliphatic heterocycles. The minimum Gasteiger partial charge on any atom is -0.490 e. The molecule has 7 heteroatoms. The molecule has 36 heavy (non-hydrogen) atoms. The zero-order valence-electron chi connectivity index (χ0n) is 20.2. The highest BCUT2D eigenvalue weighted by molar-refractivity contribution is 8.18. The number of halogens is 1. The van der Waals surface area contributed by atoms with Gasteiger partial charge < -0.3 is 14.8 Å². The average Bonchev–Trinajstić information content (AvgIpc) is 3.19. The van der Waals surface area contributed by atoms with Crippen molar-refractivity contribution >= 4 is 34.6 Å². The number of amidine groups is 1. The molecule has 1 N–H and O–H groups in total. The number of nitrogens with zero attached hydrogens (tertiary/aromatic N) is 1. The van der Waals surface area contributed by atoms with Crippen molar-refractivity contribution in [3.8, 4) is 11.5 Å². The van der Waals surface area contributed by atoms with Gasteiger partial charge in [0.1, 0.15) is 12.4 Å². The van der Waals surface area contributed by atoms with Gasteiger partial charge in [0.15, 0.2) is 16.7 Å². The summed E-state index contributed by atoms with van der Waals surface area (Å²) in [6.45, 7) is 8.49. The Hall–Kier alpha value is -3.84. The predicted octanol–water partition coefficient (Wildman–Crippen LogP) is 6.73. The standard InChI is InChI=1S/C29H27FN2O3S/c1-4-6-22-15-21(16-25(34-5-2)27(22)35-18-20-9-11-23(30)12-10-20)17-26-28(33)32-29(36-26)31-24-13-7-19(3)8-14-24/h4,7-17H,1,5-6,18H2,2-3H3,(H,31,32,33)/b26-17+. The van der Waals surface area contributed by atoms with Crippen LogP contribution in [0.2, 0.25) is 0 Å². The second kappa shape index (κ2) is 11.7. The molecular formula is C29H27FN2O3S. The third-order valence-electron chi connectivity index (χ3n) is 5.33. The van der Waals surface area contributed by atoms with E-state index in [1.54, 1.807) is 18.2 Å². The molecule has 4 rings (SSSR count). The SMILES string of the molecule is C=CCc1cc(/C=C2/SC(=Nc3ccc(C)cc3)NC2=O)cc(OCC)c1OCc1ccc(F)cc1. The Morgan fingerprint density at radius 3 is 2.53 bits per heavy atom. The first-order chi connectivity index (χ1) is 17.4. The van der Waals surface area contributed by atoms with Crippen molar-refractivity contribution in [2.75, 3.05) is 6.61 Å². The molecule has 0 saturated carbocycles. The van der Waals surface area contributed by atoms with E-state index in [9.17, 15) is 9.18 Å². The van der Waals surface area contributed by atoms with Gasteiger partial charge >= 0.3 is 0 Å². The van der Waals surface area contributed by atoms with E-state index in [2.05, 4.69) is 16.9 Å². The molecule has 3 aromatic carbocycles. The van der Waals surface area contributed by atoms with Crippen LogP contribution in [0.3, 0.4) is 0 Å². The molecule has 1 heterocycles. The van der Waals surface area contributed by atoms with Gasteiger partial charge in [0.25, 0.3) is 5.91 Å². The minimum absolute atomic E-state index is 0.203. The quantitative estimate of drug-likeness (QED) is 0.260. The van der Waals surface area contributed by atoms with Gasteiger partial charge in [-0.15, -0.1) is 6.58 Å². The van der Waals surface area contributed by atoms with E-state index < -0.39 is 0 Å². The third kappa shape index (κ3) is 6.43. The number of benzene rings is 3. The number of hydrogen-bond acceptors (Lipinski definition) is 5. The van der Waals surface area contributed by atoms with Crippen LogP contribution in [0, 0.1) is 12.7 Å². The molecule has 5 nitrogen and oxygen atoms in total. The lowest BCUT2D eigenvalue weighted by Gasteiger charge is -2.17. The number of amides is 1. The monoisotopic (exact) mass is 502 g/mol. The number of hydrogen-bond donors (Lipinski definition) is 1. The van der Waals surface area contributed by atoms with Gasteiger partial charge in [-0.3, -0.25) is 4.79 Å². The number of allylic oxidation sites excluding steroid dienone is 1. The van der Waals surface area contributed by atoms with Crippen LogP contribution in [0.4, 0.5) is 10.1 Å². The summed E-state index contributed by atoms with van der Waals surface area (Å²) in [4.78, 5) is 17.7. The van der Waals surface area contributed by atoms with Gasteiger partial charge in [0.2, 0.25) is 0 Å². The van der Waals surface area contributed by atoms with Crippen molar-refractivity contribution in [3.63, 3.8) is 0 Å². The van der Waals surface area contributed by atoms with Gasteiger partial charge in [-0.1, -0.05) is 35.9 Å². The van der Waals surface area contributed by atoms with Crippen LogP contribution in [0.1, 0.15) is 29.2 Å². The van der Waals surface area contributed by atoms with Gasteiger partial charge in [-0.2, -0.15) is 0 Å². The van der Waals surface area contributed by atoms with E-state index in [1.807, 2.05) is 56.3 Å². The Labute approximate surface area is 214 Å². The maximum Gasteiger partial charge on any atom is 0.264 e. The van der Waals surface area contributed by atoms with E-state index in [1.165, 1.54) is 23.9 Å². The molecule has 0 spiro atoms. The van der Waals surface area contributed by atoms with E-state index >= 15 is 0 Å². The first kappa shape index (κ1) is 25.3. The lowest BCUT2D eigenvalue weighted by atomic mass is 10.0. The van der Waals surface area contributed by atoms with Gasteiger partial charge in [-0.25, -0.2) is 9.38 Å². The second-order valence-corrected chi connectivity index (χ2v) is 9.20. The number of ether oxygens (including phenoxy) is 2. The summed E-state index contributed by atoms with van der Waals surface area (Å²) in [5.74, 6) is 0.682. The van der Waals surface area contributed by atoms with Crippen molar-refractivity contribution < 1.29 is 18.7 Å². The highest BCUT2D eigenvalue weighted by Gasteiger charge is 2.24. The molecular weight excluding hydrogens is 475 g/mol. The maximum absolute atomic E-state index is 13.3. The van der Waals surface area contributed by atoms with E-state index in [0.29, 0.717) is 34.6 Å². The summed E-state index contributed by atoms with van der Waals surface area (Å²) in [5.41, 5.74) is 4.45. The fraction of sp³-hybridized carbons (Fsp3) is 0.172. The molecule has 0 aromatic heterocycles. The summed E-state index contributed by atoms with van der Waals surface area (Å²) in [6, 6.07) is 17.8. The van der Waals surface area contributed by atoms with Crippen molar-refractivity contribution in [3.05, 3.63) is 106 Å². The van der Waals surface area contributed by atoms with Gasteiger partial charge in [0, 0.05) is 5.56 Å². The third-order valence-corrected chi connectivity index (χ3v) is 6.24. The first-order valence-corrected chi connectivity index (χ1v) is 12.4. The molecule has 0 radical (unpaired) electrons. The molecule has 0 atom stereocenters. The average molecular weight is 503 g/mol. The molecule has 3 aromatic rings. The van der Waals surface area contributed by atoms with Crippen LogP contribution in [0.25, 0.3) is 6.08 Å². The molecule has 0 unspecified atom stereocenters. The zero-order valence-corrected chi connectivity index (χ0v) is 21.0. The van der Waals surface area contributed by atoms with Crippen LogP contribution in [-0.4, -0.2) is 17.7 Å². The van der Waals surface area contributed by atoms with Crippen LogP contribution in [0.5, 0.6) is 11.5 Å². The van der Waals surface area contributed by atoms with Crippen LogP contribution >= 0.6 is 11.8 Å². The molecule has 1 aliphatic rings. The molecule has 0 aliphatic carbocycles. The Kier molecular flexibility index (Phi) is 8.23. The number of aryl methyl sites for hydroxylation is 1. The summed E-state index contributed by atoms with van der Waals surface area (Å²) >= 11 is 1.29. The fourth-order valence-electron chi connectivity index (χ4n) is 3.61. The second-order valence-electron chi connectivity index (χ2n) is 8.17. The van der Waals surface area contributed by atoms with Crippen LogP contribution in [-0.2, 0) is 17.8 Å². The van der Waals surface area contributed by atoms with Crippen molar-refractivity contribution in [1.29, 1.82) is 0 Å². The van der Waals surface area contributed by atoms with E-state index in [4.69, 9.17) is 9.47 Å². The van der Waals surface area contributed by atoms with Crippen molar-refractivity contribution in [2.24, 2.45) is 4.99 Å². The number of aliphatic imine (C=N–C) groups is 1. The number of thioether (sulfide) groups is 1. The predicted molar refractivity (Wildman–Crippen MR) is 144 cm³/mol. The molecule has 1 amide bonds. The Balaban J connectivity index is 1.61. The van der Waals surface area contributed by atoms with Gasteiger partial charge in [-0.05, 0) is 85.6 Å². The van der Waals surface area contributed by atoms with E-state index in [-0.39, 0.29) is 18.3 Å². The first-order valence-electron chi connectivity index (χ1n) is 11.6. The van der Waals surface area contributed by atoms with Crippen LogP contribution in [0.15, 0.2) is 83.2 Å². The smallest absolute Gasteiger partial charge is 0.264 e. The lowest BCUT2D eigenvalue weighted by Crippen LogP contribution is -2.19.